The summed E-state index contributed by atoms with van der Waals surface area (Å²) >= 11 is 0. The third kappa shape index (κ3) is 2.58. The molecule has 3 aromatic rings. The van der Waals surface area contributed by atoms with Crippen LogP contribution in [0.4, 0.5) is 5.69 Å². The Morgan fingerprint density at radius 2 is 1.86 bits per heavy atom. The SMILES string of the molecule is Cc1cncc(C(=O)N2CCC3(C(=O)Nc4ccccc43)C2c2ccccc2)c1. The van der Waals surface area contributed by atoms with Crippen molar-refractivity contribution in [2.45, 2.75) is 24.8 Å². The molecule has 2 atom stereocenters. The number of fused-ring (bicyclic) bond motifs is 2. The number of anilines is 1. The van der Waals surface area contributed by atoms with Gasteiger partial charge in [-0.15, -0.1) is 0 Å². The van der Waals surface area contributed by atoms with Crippen molar-refractivity contribution in [3.63, 3.8) is 0 Å². The fourth-order valence-electron chi connectivity index (χ4n) is 4.84. The second kappa shape index (κ2) is 6.55. The van der Waals surface area contributed by atoms with E-state index in [-0.39, 0.29) is 17.9 Å². The highest BCUT2D eigenvalue weighted by atomic mass is 16.2. The number of nitrogens with one attached hydrogen (secondary N) is 1. The lowest BCUT2D eigenvalue weighted by Crippen LogP contribution is -2.42. The number of benzene rings is 2. The number of aromatic nitrogens is 1. The fraction of sp³-hybridized carbons (Fsp3) is 0.208. The molecular formula is C24H21N3O2. The maximum absolute atomic E-state index is 13.5. The third-order valence-corrected chi connectivity index (χ3v) is 6.08. The average Bonchev–Trinajstić information content (AvgIpc) is 3.28. The minimum atomic E-state index is -0.787. The van der Waals surface area contributed by atoms with Crippen molar-refractivity contribution >= 4 is 17.5 Å². The largest absolute Gasteiger partial charge is 0.330 e. The Bertz CT molecular complexity index is 1110. The van der Waals surface area contributed by atoms with Crippen LogP contribution in [0.2, 0.25) is 0 Å². The van der Waals surface area contributed by atoms with E-state index in [0.717, 1.165) is 22.4 Å². The van der Waals surface area contributed by atoms with Crippen LogP contribution < -0.4 is 5.32 Å². The average molecular weight is 383 g/mol. The summed E-state index contributed by atoms with van der Waals surface area (Å²) < 4.78 is 0. The molecule has 2 aliphatic heterocycles. The van der Waals surface area contributed by atoms with E-state index in [0.29, 0.717) is 18.5 Å². The van der Waals surface area contributed by atoms with Gasteiger partial charge in [0.1, 0.15) is 5.41 Å². The van der Waals surface area contributed by atoms with Crippen LogP contribution in [-0.2, 0) is 10.2 Å². The number of rotatable bonds is 2. The van der Waals surface area contributed by atoms with Gasteiger partial charge in [0.05, 0.1) is 11.6 Å². The molecule has 1 aromatic heterocycles. The molecule has 1 fully saturated rings. The van der Waals surface area contributed by atoms with Crippen molar-refractivity contribution in [2.75, 3.05) is 11.9 Å². The van der Waals surface area contributed by atoms with Crippen molar-refractivity contribution in [2.24, 2.45) is 0 Å². The summed E-state index contributed by atoms with van der Waals surface area (Å²) in [5.41, 5.74) is 3.47. The van der Waals surface area contributed by atoms with Crippen molar-refractivity contribution < 1.29 is 9.59 Å². The van der Waals surface area contributed by atoms with Gasteiger partial charge in [0, 0.05) is 24.6 Å². The summed E-state index contributed by atoms with van der Waals surface area (Å²) in [5.74, 6) is -0.130. The van der Waals surface area contributed by atoms with Gasteiger partial charge in [0.2, 0.25) is 5.91 Å². The van der Waals surface area contributed by atoms with Gasteiger partial charge in [-0.1, -0.05) is 48.5 Å². The molecule has 2 amide bonds. The lowest BCUT2D eigenvalue weighted by atomic mass is 9.72. The van der Waals surface area contributed by atoms with E-state index in [1.807, 2.05) is 72.5 Å². The molecule has 29 heavy (non-hydrogen) atoms. The summed E-state index contributed by atoms with van der Waals surface area (Å²) in [5, 5.41) is 3.05. The van der Waals surface area contributed by atoms with Gasteiger partial charge in [0.25, 0.3) is 5.91 Å². The number of aryl methyl sites for hydroxylation is 1. The van der Waals surface area contributed by atoms with Crippen molar-refractivity contribution in [1.82, 2.24) is 9.88 Å². The van der Waals surface area contributed by atoms with Crippen molar-refractivity contribution in [3.8, 4) is 0 Å². The first-order valence-electron chi connectivity index (χ1n) is 9.80. The minimum absolute atomic E-state index is 0.0368. The Morgan fingerprint density at radius 1 is 1.10 bits per heavy atom. The standard InChI is InChI=1S/C24H21N3O2/c1-16-13-18(15-25-14-16)22(28)27-12-11-24(21(27)17-7-3-2-4-8-17)19-9-5-6-10-20(19)26-23(24)29/h2-10,13-15,21H,11-12H2,1H3,(H,26,29). The number of carbonyl (C=O) groups excluding carboxylic acids is 2. The molecule has 0 aliphatic carbocycles. The highest BCUT2D eigenvalue weighted by molar-refractivity contribution is 6.08. The first-order chi connectivity index (χ1) is 14.1. The van der Waals surface area contributed by atoms with Crippen LogP contribution in [0.25, 0.3) is 0 Å². The monoisotopic (exact) mass is 383 g/mol. The van der Waals surface area contributed by atoms with Gasteiger partial charge < -0.3 is 10.2 Å². The molecule has 5 rings (SSSR count). The number of nitrogens with zero attached hydrogens (tertiary/aromatic N) is 2. The third-order valence-electron chi connectivity index (χ3n) is 6.08. The molecule has 5 heteroatoms. The molecule has 5 nitrogen and oxygen atoms in total. The molecule has 1 N–H and O–H groups in total. The quantitative estimate of drug-likeness (QED) is 0.731. The Morgan fingerprint density at radius 3 is 2.66 bits per heavy atom. The fourth-order valence-corrected chi connectivity index (χ4v) is 4.84. The van der Waals surface area contributed by atoms with Crippen LogP contribution in [0.3, 0.4) is 0 Å². The molecule has 1 saturated heterocycles. The molecule has 0 saturated carbocycles. The summed E-state index contributed by atoms with van der Waals surface area (Å²) in [7, 11) is 0. The van der Waals surface area contributed by atoms with Crippen LogP contribution in [0.5, 0.6) is 0 Å². The number of hydrogen-bond donors (Lipinski definition) is 1. The number of hydrogen-bond acceptors (Lipinski definition) is 3. The van der Waals surface area contributed by atoms with Crippen LogP contribution in [-0.4, -0.2) is 28.2 Å². The Balaban J connectivity index is 1.67. The lowest BCUT2D eigenvalue weighted by molar-refractivity contribution is -0.121. The molecule has 2 unspecified atom stereocenters. The minimum Gasteiger partial charge on any atom is -0.330 e. The first-order valence-corrected chi connectivity index (χ1v) is 9.80. The number of pyridine rings is 1. The number of carbonyl (C=O) groups is 2. The zero-order valence-corrected chi connectivity index (χ0v) is 16.1. The molecule has 3 heterocycles. The zero-order chi connectivity index (χ0) is 20.0. The van der Waals surface area contributed by atoms with Crippen LogP contribution in [0, 0.1) is 6.92 Å². The second-order valence-electron chi connectivity index (χ2n) is 7.78. The van der Waals surface area contributed by atoms with Gasteiger partial charge >= 0.3 is 0 Å². The van der Waals surface area contributed by atoms with Crippen LogP contribution in [0.1, 0.15) is 39.5 Å². The van der Waals surface area contributed by atoms with Crippen LogP contribution in [0.15, 0.2) is 73.1 Å². The summed E-state index contributed by atoms with van der Waals surface area (Å²) in [6.07, 6.45) is 3.92. The van der Waals surface area contributed by atoms with Gasteiger partial charge in [-0.2, -0.15) is 0 Å². The van der Waals surface area contributed by atoms with Crippen LogP contribution >= 0.6 is 0 Å². The van der Waals surface area contributed by atoms with E-state index >= 15 is 0 Å². The van der Waals surface area contributed by atoms with E-state index < -0.39 is 5.41 Å². The number of para-hydroxylation sites is 1. The Labute approximate surface area is 169 Å². The lowest BCUT2D eigenvalue weighted by Gasteiger charge is -2.34. The Hall–Kier alpha value is -3.47. The van der Waals surface area contributed by atoms with Crippen molar-refractivity contribution in [3.05, 3.63) is 95.3 Å². The zero-order valence-electron chi connectivity index (χ0n) is 16.1. The predicted octanol–water partition coefficient (Wildman–Crippen LogP) is 3.87. The van der Waals surface area contributed by atoms with E-state index in [2.05, 4.69) is 10.3 Å². The molecule has 144 valence electrons. The summed E-state index contributed by atoms with van der Waals surface area (Å²) in [6.45, 7) is 2.43. The van der Waals surface area contributed by atoms with Gasteiger partial charge in [-0.25, -0.2) is 0 Å². The van der Waals surface area contributed by atoms with E-state index in [9.17, 15) is 9.59 Å². The van der Waals surface area contributed by atoms with Crippen molar-refractivity contribution in [1.29, 1.82) is 0 Å². The Kier molecular flexibility index (Phi) is 3.98. The van der Waals surface area contributed by atoms with Gasteiger partial charge in [-0.05, 0) is 42.2 Å². The molecule has 2 aliphatic rings. The normalized spacial score (nSPS) is 22.6. The molecule has 0 bridgehead atoms. The molecule has 1 spiro atoms. The first kappa shape index (κ1) is 17.6. The highest BCUT2D eigenvalue weighted by Crippen LogP contribution is 2.54. The molecule has 0 radical (unpaired) electrons. The van der Waals surface area contributed by atoms with E-state index in [1.54, 1.807) is 12.4 Å². The summed E-state index contributed by atoms with van der Waals surface area (Å²) in [6, 6.07) is 19.2. The maximum Gasteiger partial charge on any atom is 0.255 e. The number of amides is 2. The maximum atomic E-state index is 13.5. The highest BCUT2D eigenvalue weighted by Gasteiger charge is 2.59. The smallest absolute Gasteiger partial charge is 0.255 e. The predicted molar refractivity (Wildman–Crippen MR) is 111 cm³/mol. The van der Waals surface area contributed by atoms with E-state index in [4.69, 9.17) is 0 Å². The topological polar surface area (TPSA) is 62.3 Å². The van der Waals surface area contributed by atoms with Gasteiger partial charge in [0.15, 0.2) is 0 Å². The molecule has 2 aromatic carbocycles. The van der Waals surface area contributed by atoms with Gasteiger partial charge in [-0.3, -0.25) is 14.6 Å². The second-order valence-corrected chi connectivity index (χ2v) is 7.78. The molecular weight excluding hydrogens is 362 g/mol. The number of likely N-dealkylation sites (tertiary alicyclic amines) is 1. The van der Waals surface area contributed by atoms with E-state index in [1.165, 1.54) is 0 Å². The summed E-state index contributed by atoms with van der Waals surface area (Å²) in [4.78, 5) is 32.9.